The van der Waals surface area contributed by atoms with Gasteiger partial charge in [-0.3, -0.25) is 9.88 Å². The molecule has 0 spiro atoms. The highest BCUT2D eigenvalue weighted by Crippen LogP contribution is 2.28. The molecule has 1 aromatic heterocycles. The quantitative estimate of drug-likeness (QED) is 0.663. The Kier molecular flexibility index (Phi) is 8.28. The number of hydrogen-bond acceptors (Lipinski definition) is 6. The predicted molar refractivity (Wildman–Crippen MR) is 114 cm³/mol. The molecule has 1 fully saturated rings. The van der Waals surface area contributed by atoms with Gasteiger partial charge in [0.15, 0.2) is 11.5 Å². The molecule has 2 heterocycles. The van der Waals surface area contributed by atoms with Crippen molar-refractivity contribution in [3.8, 4) is 11.5 Å². The molecule has 0 saturated carbocycles. The van der Waals surface area contributed by atoms with Crippen LogP contribution < -0.4 is 14.8 Å². The molecule has 1 aliphatic heterocycles. The van der Waals surface area contributed by atoms with Gasteiger partial charge in [0, 0.05) is 45.1 Å². The first-order chi connectivity index (χ1) is 14.1. The Morgan fingerprint density at radius 3 is 2.76 bits per heavy atom. The molecule has 1 N–H and O–H groups in total. The smallest absolute Gasteiger partial charge is 0.161 e. The normalized spacial score (nSPS) is 17.4. The average Bonchev–Trinajstić information content (AvgIpc) is 2.73. The van der Waals surface area contributed by atoms with Crippen molar-refractivity contribution in [2.24, 2.45) is 5.92 Å². The molecular formula is C23H33N3O3. The third-order valence-electron chi connectivity index (χ3n) is 4.92. The van der Waals surface area contributed by atoms with Crippen LogP contribution in [0.4, 0.5) is 0 Å². The van der Waals surface area contributed by atoms with Gasteiger partial charge in [-0.25, -0.2) is 0 Å². The van der Waals surface area contributed by atoms with Crippen molar-refractivity contribution < 1.29 is 14.2 Å². The van der Waals surface area contributed by atoms with Crippen molar-refractivity contribution in [2.45, 2.75) is 33.1 Å². The first-order valence-electron chi connectivity index (χ1n) is 10.4. The van der Waals surface area contributed by atoms with Gasteiger partial charge in [-0.15, -0.1) is 0 Å². The number of nitrogens with one attached hydrogen (secondary N) is 1. The van der Waals surface area contributed by atoms with E-state index >= 15 is 0 Å². The Morgan fingerprint density at radius 2 is 2.00 bits per heavy atom. The molecular weight excluding hydrogens is 366 g/mol. The summed E-state index contributed by atoms with van der Waals surface area (Å²) in [6.45, 7) is 10.6. The largest absolute Gasteiger partial charge is 0.493 e. The lowest BCUT2D eigenvalue weighted by molar-refractivity contribution is -0.0303. The summed E-state index contributed by atoms with van der Waals surface area (Å²) in [5.74, 6) is 2.18. The maximum atomic E-state index is 5.91. The number of hydrogen-bond donors (Lipinski definition) is 1. The lowest BCUT2D eigenvalue weighted by Gasteiger charge is -2.34. The Balaban J connectivity index is 1.47. The first-order valence-corrected chi connectivity index (χ1v) is 10.4. The van der Waals surface area contributed by atoms with Crippen molar-refractivity contribution in [1.29, 1.82) is 0 Å². The van der Waals surface area contributed by atoms with Gasteiger partial charge < -0.3 is 19.5 Å². The van der Waals surface area contributed by atoms with Crippen molar-refractivity contribution in [2.75, 3.05) is 39.9 Å². The van der Waals surface area contributed by atoms with Crippen LogP contribution in [0.2, 0.25) is 0 Å². The summed E-state index contributed by atoms with van der Waals surface area (Å²) in [4.78, 5) is 6.52. The second kappa shape index (κ2) is 11.1. The van der Waals surface area contributed by atoms with Crippen LogP contribution in [-0.4, -0.2) is 55.9 Å². The summed E-state index contributed by atoms with van der Waals surface area (Å²) in [7, 11) is 1.67. The SMILES string of the molecule is COc1cc(CNCC2CN(CC(C)C)CCO2)ccc1OCc1ccncc1. The van der Waals surface area contributed by atoms with Crippen molar-refractivity contribution >= 4 is 0 Å². The number of benzene rings is 1. The van der Waals surface area contributed by atoms with Gasteiger partial charge in [0.2, 0.25) is 0 Å². The Morgan fingerprint density at radius 1 is 1.17 bits per heavy atom. The molecule has 1 unspecified atom stereocenters. The maximum Gasteiger partial charge on any atom is 0.161 e. The van der Waals surface area contributed by atoms with Crippen LogP contribution >= 0.6 is 0 Å². The van der Waals surface area contributed by atoms with Gasteiger partial charge >= 0.3 is 0 Å². The Hall–Kier alpha value is -2.15. The predicted octanol–water partition coefficient (Wildman–Crippen LogP) is 3.12. The van der Waals surface area contributed by atoms with E-state index in [0.29, 0.717) is 12.5 Å². The minimum atomic E-state index is 0.243. The Bertz CT molecular complexity index is 739. The molecule has 1 aliphatic rings. The van der Waals surface area contributed by atoms with E-state index in [1.54, 1.807) is 19.5 Å². The number of rotatable bonds is 10. The number of ether oxygens (including phenoxy) is 3. The highest BCUT2D eigenvalue weighted by molar-refractivity contribution is 5.43. The van der Waals surface area contributed by atoms with E-state index in [1.807, 2.05) is 24.3 Å². The lowest BCUT2D eigenvalue weighted by Crippen LogP contribution is -2.47. The number of pyridine rings is 1. The summed E-state index contributed by atoms with van der Waals surface area (Å²) in [6, 6.07) is 9.96. The number of aromatic nitrogens is 1. The third kappa shape index (κ3) is 6.99. The highest BCUT2D eigenvalue weighted by Gasteiger charge is 2.20. The number of nitrogens with zero attached hydrogens (tertiary/aromatic N) is 2. The summed E-state index contributed by atoms with van der Waals surface area (Å²) in [6.07, 6.45) is 3.78. The molecule has 1 saturated heterocycles. The standard InChI is InChI=1S/C23H33N3O3/c1-18(2)15-26-10-11-28-21(16-26)14-25-13-20-4-5-22(23(12-20)27-3)29-17-19-6-8-24-9-7-19/h4-9,12,18,21,25H,10-11,13-17H2,1-3H3. The second-order valence-corrected chi connectivity index (χ2v) is 7.91. The molecule has 0 aliphatic carbocycles. The molecule has 6 heteroatoms. The van der Waals surface area contributed by atoms with Crippen molar-refractivity contribution in [3.05, 3.63) is 53.9 Å². The molecule has 0 amide bonds. The number of methoxy groups -OCH3 is 1. The van der Waals surface area contributed by atoms with E-state index in [9.17, 15) is 0 Å². The van der Waals surface area contributed by atoms with Crippen molar-refractivity contribution in [3.63, 3.8) is 0 Å². The van der Waals surface area contributed by atoms with Gasteiger partial charge in [-0.1, -0.05) is 19.9 Å². The van der Waals surface area contributed by atoms with E-state index in [0.717, 1.165) is 62.0 Å². The highest BCUT2D eigenvalue weighted by atomic mass is 16.5. The molecule has 158 valence electrons. The molecule has 1 atom stereocenters. The topological polar surface area (TPSA) is 55.9 Å². The van der Waals surface area contributed by atoms with Crippen LogP contribution in [0.3, 0.4) is 0 Å². The fourth-order valence-electron chi connectivity index (χ4n) is 3.54. The zero-order valence-electron chi connectivity index (χ0n) is 17.8. The summed E-state index contributed by atoms with van der Waals surface area (Å²) in [5.41, 5.74) is 2.24. The van der Waals surface area contributed by atoms with Crippen LogP contribution in [0.5, 0.6) is 11.5 Å². The van der Waals surface area contributed by atoms with Crippen LogP contribution in [-0.2, 0) is 17.9 Å². The van der Waals surface area contributed by atoms with E-state index in [1.165, 1.54) is 0 Å². The lowest BCUT2D eigenvalue weighted by atomic mass is 10.1. The summed E-state index contributed by atoms with van der Waals surface area (Å²) in [5, 5.41) is 3.52. The third-order valence-corrected chi connectivity index (χ3v) is 4.92. The zero-order valence-corrected chi connectivity index (χ0v) is 17.8. The van der Waals surface area contributed by atoms with Gasteiger partial charge in [0.25, 0.3) is 0 Å². The van der Waals surface area contributed by atoms with Crippen LogP contribution in [0.1, 0.15) is 25.0 Å². The van der Waals surface area contributed by atoms with E-state index in [-0.39, 0.29) is 6.10 Å². The monoisotopic (exact) mass is 399 g/mol. The molecule has 2 aromatic rings. The molecule has 3 rings (SSSR count). The van der Waals surface area contributed by atoms with Gasteiger partial charge in [-0.05, 0) is 41.3 Å². The average molecular weight is 400 g/mol. The second-order valence-electron chi connectivity index (χ2n) is 7.91. The summed E-state index contributed by atoms with van der Waals surface area (Å²) < 4.78 is 17.4. The fourth-order valence-corrected chi connectivity index (χ4v) is 3.54. The fraction of sp³-hybridized carbons (Fsp3) is 0.522. The molecule has 1 aromatic carbocycles. The number of morpholine rings is 1. The minimum Gasteiger partial charge on any atom is -0.493 e. The van der Waals surface area contributed by atoms with E-state index < -0.39 is 0 Å². The van der Waals surface area contributed by atoms with Crippen LogP contribution in [0.15, 0.2) is 42.7 Å². The maximum absolute atomic E-state index is 5.91. The molecule has 29 heavy (non-hydrogen) atoms. The summed E-state index contributed by atoms with van der Waals surface area (Å²) >= 11 is 0. The van der Waals surface area contributed by atoms with Gasteiger partial charge in [0.1, 0.15) is 6.61 Å². The Labute approximate surface area is 174 Å². The van der Waals surface area contributed by atoms with Gasteiger partial charge in [0.05, 0.1) is 19.8 Å². The van der Waals surface area contributed by atoms with Crippen molar-refractivity contribution in [1.82, 2.24) is 15.2 Å². The van der Waals surface area contributed by atoms with Crippen LogP contribution in [0, 0.1) is 5.92 Å². The van der Waals surface area contributed by atoms with Gasteiger partial charge in [-0.2, -0.15) is 0 Å². The molecule has 0 radical (unpaired) electrons. The van der Waals surface area contributed by atoms with E-state index in [2.05, 4.69) is 35.1 Å². The molecule has 6 nitrogen and oxygen atoms in total. The minimum absolute atomic E-state index is 0.243. The first kappa shape index (κ1) is 21.6. The van der Waals surface area contributed by atoms with Crippen LogP contribution in [0.25, 0.3) is 0 Å². The molecule has 0 bridgehead atoms. The zero-order chi connectivity index (χ0) is 20.5. The van der Waals surface area contributed by atoms with E-state index in [4.69, 9.17) is 14.2 Å².